The van der Waals surface area contributed by atoms with Crippen LogP contribution in [0.2, 0.25) is 0 Å². The van der Waals surface area contributed by atoms with Gasteiger partial charge in [0.1, 0.15) is 17.4 Å². The molecule has 2 heterocycles. The molecule has 1 saturated heterocycles. The molecule has 0 saturated carbocycles. The van der Waals surface area contributed by atoms with Gasteiger partial charge in [-0.15, -0.1) is 12.3 Å². The number of hydrogen-bond acceptors (Lipinski definition) is 4. The van der Waals surface area contributed by atoms with Gasteiger partial charge in [-0.2, -0.15) is 5.26 Å². The van der Waals surface area contributed by atoms with E-state index in [0.717, 1.165) is 0 Å². The number of terminal acetylenes is 1. The Hall–Kier alpha value is -2.53. The van der Waals surface area contributed by atoms with Crippen molar-refractivity contribution >= 4 is 11.7 Å². The van der Waals surface area contributed by atoms with Gasteiger partial charge in [0.25, 0.3) is 0 Å². The molecule has 0 aromatic carbocycles. The highest BCUT2D eigenvalue weighted by molar-refractivity contribution is 5.96. The van der Waals surface area contributed by atoms with Crippen LogP contribution in [0, 0.1) is 29.6 Å². The average molecular weight is 241 g/mol. The first-order valence-corrected chi connectivity index (χ1v) is 5.40. The average Bonchev–Trinajstić information content (AvgIpc) is 2.78. The van der Waals surface area contributed by atoms with Crippen LogP contribution in [0.3, 0.4) is 0 Å². The third-order valence-electron chi connectivity index (χ3n) is 2.84. The molecule has 0 aliphatic carbocycles. The number of hydrogen-bond donors (Lipinski definition) is 0. The Balaban J connectivity index is 2.44. The summed E-state index contributed by atoms with van der Waals surface area (Å²) in [6, 6.07) is 3.60. The molecule has 1 unspecified atom stereocenters. The van der Waals surface area contributed by atoms with Crippen molar-refractivity contribution in [3.8, 4) is 24.2 Å². The third-order valence-corrected chi connectivity index (χ3v) is 2.84. The monoisotopic (exact) mass is 241 g/mol. The largest absolute Gasteiger partial charge is 0.495 e. The number of carbonyl (C=O) groups is 1. The van der Waals surface area contributed by atoms with Crippen LogP contribution in [-0.4, -0.2) is 24.5 Å². The van der Waals surface area contributed by atoms with E-state index in [4.69, 9.17) is 16.4 Å². The molecule has 1 aromatic rings. The summed E-state index contributed by atoms with van der Waals surface area (Å²) >= 11 is 0. The smallest absolute Gasteiger partial charge is 0.229 e. The Labute approximate surface area is 105 Å². The Morgan fingerprint density at radius 2 is 2.44 bits per heavy atom. The lowest BCUT2D eigenvalue weighted by molar-refractivity contribution is -0.117. The minimum absolute atomic E-state index is 0.116. The third kappa shape index (κ3) is 1.87. The van der Waals surface area contributed by atoms with Crippen molar-refractivity contribution in [3.05, 3.63) is 17.8 Å². The second-order valence-electron chi connectivity index (χ2n) is 3.90. The highest BCUT2D eigenvalue weighted by atomic mass is 16.5. The van der Waals surface area contributed by atoms with Gasteiger partial charge < -0.3 is 4.74 Å². The summed E-state index contributed by atoms with van der Waals surface area (Å²) in [7, 11) is 1.47. The van der Waals surface area contributed by atoms with Crippen molar-refractivity contribution in [2.75, 3.05) is 18.6 Å². The van der Waals surface area contributed by atoms with Crippen LogP contribution in [0.4, 0.5) is 5.82 Å². The van der Waals surface area contributed by atoms with E-state index < -0.39 is 0 Å². The van der Waals surface area contributed by atoms with Gasteiger partial charge in [-0.1, -0.05) is 0 Å². The van der Waals surface area contributed by atoms with E-state index in [2.05, 4.69) is 10.9 Å². The topological polar surface area (TPSA) is 66.2 Å². The minimum Gasteiger partial charge on any atom is -0.495 e. The van der Waals surface area contributed by atoms with Gasteiger partial charge in [-0.3, -0.25) is 9.69 Å². The lowest BCUT2D eigenvalue weighted by Crippen LogP contribution is -2.26. The van der Waals surface area contributed by atoms with Gasteiger partial charge in [-0.25, -0.2) is 4.98 Å². The van der Waals surface area contributed by atoms with Crippen molar-refractivity contribution in [2.24, 2.45) is 5.92 Å². The molecule has 0 N–H and O–H groups in total. The normalized spacial score (nSPS) is 18.3. The van der Waals surface area contributed by atoms with Crippen molar-refractivity contribution < 1.29 is 9.53 Å². The number of anilines is 1. The first-order chi connectivity index (χ1) is 8.71. The van der Waals surface area contributed by atoms with Crippen molar-refractivity contribution in [1.29, 1.82) is 5.26 Å². The molecule has 1 amide bonds. The summed E-state index contributed by atoms with van der Waals surface area (Å²) in [5.74, 6) is 3.03. The number of nitriles is 1. The van der Waals surface area contributed by atoms with Gasteiger partial charge in [0.05, 0.1) is 7.11 Å². The van der Waals surface area contributed by atoms with Crippen molar-refractivity contribution in [1.82, 2.24) is 4.98 Å². The molecule has 1 aromatic heterocycles. The lowest BCUT2D eigenvalue weighted by Gasteiger charge is -2.17. The van der Waals surface area contributed by atoms with E-state index in [1.165, 1.54) is 18.2 Å². The molecule has 0 spiro atoms. The molecule has 2 rings (SSSR count). The summed E-state index contributed by atoms with van der Waals surface area (Å²) in [4.78, 5) is 17.4. The zero-order valence-electron chi connectivity index (χ0n) is 9.88. The Morgan fingerprint density at radius 3 is 3.00 bits per heavy atom. The highest BCUT2D eigenvalue weighted by Gasteiger charge is 2.32. The van der Waals surface area contributed by atoms with Gasteiger partial charge in [0.2, 0.25) is 5.91 Å². The Kier molecular flexibility index (Phi) is 3.16. The lowest BCUT2D eigenvalue weighted by atomic mass is 10.1. The second-order valence-corrected chi connectivity index (χ2v) is 3.90. The van der Waals surface area contributed by atoms with Crippen molar-refractivity contribution in [3.63, 3.8) is 0 Å². The van der Waals surface area contributed by atoms with Crippen LogP contribution in [0.15, 0.2) is 12.3 Å². The molecular formula is C13H11N3O2. The molecule has 5 nitrogen and oxygen atoms in total. The van der Waals surface area contributed by atoms with Crippen molar-refractivity contribution in [2.45, 2.75) is 6.42 Å². The van der Waals surface area contributed by atoms with Gasteiger partial charge in [0.15, 0.2) is 5.82 Å². The number of ether oxygens (including phenoxy) is 1. The van der Waals surface area contributed by atoms with E-state index in [1.54, 1.807) is 6.07 Å². The quantitative estimate of drug-likeness (QED) is 0.723. The molecule has 18 heavy (non-hydrogen) atoms. The maximum atomic E-state index is 11.9. The number of pyridine rings is 1. The van der Waals surface area contributed by atoms with Crippen LogP contribution in [-0.2, 0) is 4.79 Å². The maximum Gasteiger partial charge on any atom is 0.229 e. The Morgan fingerprint density at radius 1 is 1.67 bits per heavy atom. The summed E-state index contributed by atoms with van der Waals surface area (Å²) in [6.45, 7) is 0.393. The summed E-state index contributed by atoms with van der Waals surface area (Å²) < 4.78 is 5.08. The highest BCUT2D eigenvalue weighted by Crippen LogP contribution is 2.30. The molecule has 0 radical (unpaired) electrons. The fraction of sp³-hybridized carbons (Fsp3) is 0.308. The predicted octanol–water partition coefficient (Wildman–Crippen LogP) is 0.948. The van der Waals surface area contributed by atoms with Gasteiger partial charge >= 0.3 is 0 Å². The van der Waals surface area contributed by atoms with Crippen LogP contribution in [0.25, 0.3) is 0 Å². The molecule has 1 fully saturated rings. The van der Waals surface area contributed by atoms with Crippen LogP contribution in [0.5, 0.6) is 5.75 Å². The van der Waals surface area contributed by atoms with Crippen LogP contribution in [0.1, 0.15) is 12.0 Å². The molecule has 1 aliphatic heterocycles. The Bertz CT molecular complexity index is 569. The summed E-state index contributed by atoms with van der Waals surface area (Å²) in [6.07, 6.45) is 7.12. The number of rotatable bonds is 2. The maximum absolute atomic E-state index is 11.9. The second kappa shape index (κ2) is 4.77. The van der Waals surface area contributed by atoms with Crippen LogP contribution >= 0.6 is 0 Å². The number of aromatic nitrogens is 1. The van der Waals surface area contributed by atoms with E-state index in [0.29, 0.717) is 24.5 Å². The van der Waals surface area contributed by atoms with E-state index >= 15 is 0 Å². The first-order valence-electron chi connectivity index (χ1n) is 5.40. The minimum atomic E-state index is -0.128. The SMILES string of the molecule is C#CC1CC(=O)N(c2nccc(OC)c2C#N)C1. The first kappa shape index (κ1) is 11.9. The standard InChI is InChI=1S/C13H11N3O2/c1-3-9-6-12(17)16(8-9)13-10(7-14)11(18-2)4-5-15-13/h1,4-5,9H,6,8H2,2H3. The fourth-order valence-electron chi connectivity index (χ4n) is 1.94. The number of methoxy groups -OCH3 is 1. The van der Waals surface area contributed by atoms with Gasteiger partial charge in [0, 0.05) is 25.1 Å². The predicted molar refractivity (Wildman–Crippen MR) is 64.8 cm³/mol. The molecule has 5 heteroatoms. The number of amides is 1. The zero-order valence-corrected chi connectivity index (χ0v) is 9.88. The van der Waals surface area contributed by atoms with E-state index in [9.17, 15) is 4.79 Å². The number of nitrogens with zero attached hydrogens (tertiary/aromatic N) is 3. The zero-order chi connectivity index (χ0) is 13.1. The fourth-order valence-corrected chi connectivity index (χ4v) is 1.94. The summed E-state index contributed by atoms with van der Waals surface area (Å²) in [5, 5.41) is 9.15. The van der Waals surface area contributed by atoms with Gasteiger partial charge in [-0.05, 0) is 6.07 Å². The number of carbonyl (C=O) groups excluding carboxylic acids is 1. The summed E-state index contributed by atoms with van der Waals surface area (Å²) in [5.41, 5.74) is 0.256. The van der Waals surface area contributed by atoms with Crippen LogP contribution < -0.4 is 9.64 Å². The van der Waals surface area contributed by atoms with E-state index in [1.807, 2.05) is 6.07 Å². The molecule has 1 atom stereocenters. The molecule has 0 bridgehead atoms. The molecule has 1 aliphatic rings. The molecular weight excluding hydrogens is 230 g/mol. The van der Waals surface area contributed by atoms with E-state index in [-0.39, 0.29) is 17.4 Å². The molecule has 90 valence electrons.